The van der Waals surface area contributed by atoms with Crippen LogP contribution in [0, 0.1) is 39.4 Å². The molecule has 2 aromatic rings. The van der Waals surface area contributed by atoms with Crippen LogP contribution in [-0.4, -0.2) is 54.6 Å². The molecule has 0 amide bonds. The minimum absolute atomic E-state index is 0.0465. The average Bonchev–Trinajstić information content (AvgIpc) is 3.49. The van der Waals surface area contributed by atoms with Crippen LogP contribution in [0.5, 0.6) is 34.5 Å². The van der Waals surface area contributed by atoms with Crippen LogP contribution >= 0.6 is 0 Å². The lowest BCUT2D eigenvalue weighted by atomic mass is 9.43. The van der Waals surface area contributed by atoms with Gasteiger partial charge in [0.05, 0.1) is 31.8 Å². The highest BCUT2D eigenvalue weighted by atomic mass is 16.5. The first-order chi connectivity index (χ1) is 28.7. The van der Waals surface area contributed by atoms with Gasteiger partial charge in [-0.25, -0.2) is 0 Å². The van der Waals surface area contributed by atoms with Crippen molar-refractivity contribution >= 4 is 11.9 Å². The zero-order chi connectivity index (χ0) is 44.0. The highest BCUT2D eigenvalue weighted by molar-refractivity contribution is 6.08. The number of rotatable bonds is 6. The van der Waals surface area contributed by atoms with Gasteiger partial charge in [0.1, 0.15) is 46.9 Å². The fraction of sp³-hybridized carbons (Fsp3) is 0.642. The number of methoxy groups -OCH3 is 2. The predicted octanol–water partition coefficient (Wildman–Crippen LogP) is 12.2. The maximum atomic E-state index is 13.6. The number of hydrogen-bond acceptors (Lipinski definition) is 8. The lowest BCUT2D eigenvalue weighted by molar-refractivity contribution is -0.0962. The van der Waals surface area contributed by atoms with Crippen molar-refractivity contribution in [2.45, 2.75) is 157 Å². The molecule has 332 valence electrons. The Hall–Kier alpha value is -3.91. The summed E-state index contributed by atoms with van der Waals surface area (Å²) in [5.41, 5.74) is 7.34. The molecule has 0 spiro atoms. The third-order valence-electron chi connectivity index (χ3n) is 17.4. The van der Waals surface area contributed by atoms with Crippen molar-refractivity contribution in [3.63, 3.8) is 0 Å². The smallest absolute Gasteiger partial charge is 0.181 e. The van der Waals surface area contributed by atoms with E-state index in [1.807, 2.05) is 37.1 Å². The van der Waals surface area contributed by atoms with Gasteiger partial charge in [0.2, 0.25) is 0 Å². The fourth-order valence-corrected chi connectivity index (χ4v) is 13.7. The maximum Gasteiger partial charge on any atom is 0.181 e. The quantitative estimate of drug-likeness (QED) is 0.277. The van der Waals surface area contributed by atoms with E-state index in [0.29, 0.717) is 62.0 Å². The van der Waals surface area contributed by atoms with Gasteiger partial charge in [-0.15, -0.1) is 0 Å². The third kappa shape index (κ3) is 6.91. The number of ketones is 1. The first-order valence-electron chi connectivity index (χ1n) is 23.1. The normalized spacial score (nSPS) is 33.8. The van der Waals surface area contributed by atoms with E-state index in [2.05, 4.69) is 61.5 Å². The number of hydrogen-bond donors (Lipinski definition) is 2. The average molecular weight is 837 g/mol. The Balaban J connectivity index is 0.000000168. The summed E-state index contributed by atoms with van der Waals surface area (Å²) in [5.74, 6) is 3.66. The molecule has 0 aromatic heterocycles. The number of ether oxygens (including phenoxy) is 5. The van der Waals surface area contributed by atoms with Crippen LogP contribution in [0.15, 0.2) is 47.1 Å². The number of aliphatic hydroxyl groups excluding tert-OH is 1. The van der Waals surface area contributed by atoms with Crippen LogP contribution in [0.2, 0.25) is 0 Å². The molecule has 3 heterocycles. The van der Waals surface area contributed by atoms with Crippen molar-refractivity contribution < 1.29 is 38.7 Å². The predicted molar refractivity (Wildman–Crippen MR) is 241 cm³/mol. The van der Waals surface area contributed by atoms with Gasteiger partial charge < -0.3 is 33.9 Å². The molecule has 61 heavy (non-hydrogen) atoms. The van der Waals surface area contributed by atoms with Crippen LogP contribution in [0.1, 0.15) is 161 Å². The Morgan fingerprint density at radius 1 is 0.918 bits per heavy atom. The molecule has 0 saturated heterocycles. The van der Waals surface area contributed by atoms with Crippen LogP contribution in [0.3, 0.4) is 0 Å². The minimum atomic E-state index is -0.630. The molecular formula is C53H72O8. The number of fused-ring (bicyclic) bond motifs is 10. The Morgan fingerprint density at radius 3 is 2.34 bits per heavy atom. The summed E-state index contributed by atoms with van der Waals surface area (Å²) in [6.45, 7) is 23.7. The van der Waals surface area contributed by atoms with Gasteiger partial charge in [0.25, 0.3) is 0 Å². The number of phenolic OH excluding ortho intramolecular Hbond substituents is 1. The number of benzene rings is 2. The molecule has 2 N–H and O–H groups in total. The van der Waals surface area contributed by atoms with E-state index in [1.54, 1.807) is 19.2 Å². The summed E-state index contributed by atoms with van der Waals surface area (Å²) >= 11 is 0. The second-order valence-corrected chi connectivity index (χ2v) is 21.7. The largest absolute Gasteiger partial charge is 0.507 e. The molecular weight excluding hydrogens is 765 g/mol. The Morgan fingerprint density at radius 2 is 1.64 bits per heavy atom. The molecule has 9 rings (SSSR count). The molecule has 9 unspecified atom stereocenters. The topological polar surface area (TPSA) is 104 Å². The number of phenols is 1. The Bertz CT molecular complexity index is 2170. The van der Waals surface area contributed by atoms with Crippen molar-refractivity contribution in [3.8, 4) is 34.5 Å². The summed E-state index contributed by atoms with van der Waals surface area (Å²) in [6, 6.07) is 4.92. The van der Waals surface area contributed by atoms with Gasteiger partial charge in [0, 0.05) is 17.7 Å². The van der Waals surface area contributed by atoms with E-state index in [1.165, 1.54) is 76.5 Å². The molecule has 4 aliphatic carbocycles. The van der Waals surface area contributed by atoms with Crippen LogP contribution < -0.4 is 23.7 Å². The zero-order valence-corrected chi connectivity index (χ0v) is 39.1. The highest BCUT2D eigenvalue weighted by Crippen LogP contribution is 2.72. The summed E-state index contributed by atoms with van der Waals surface area (Å²) < 4.78 is 28.8. The summed E-state index contributed by atoms with van der Waals surface area (Å²) in [5, 5.41) is 21.5. The second-order valence-electron chi connectivity index (χ2n) is 21.7. The number of aromatic hydroxyl groups is 1. The highest BCUT2D eigenvalue weighted by Gasteiger charge is 2.63. The van der Waals surface area contributed by atoms with E-state index in [4.69, 9.17) is 23.7 Å². The fourth-order valence-electron chi connectivity index (χ4n) is 13.7. The monoisotopic (exact) mass is 837 g/mol. The molecule has 3 aliphatic heterocycles. The standard InChI is InChI=1S/C30H50O.C23H22O7/c1-20(2)10-9-11-21(3)22-14-18-30(8)24-12-13-25-27(4,5)26(31)16-17-28(25,6)23(24)15-19-29(22,30)7;1-23(2)6-5-11-15(30-23)8-13(24)20-21(25)19-12-7-16(26-3)17(27-4)9-14(12)28-10-18(19)29-22(11)20/h10,21-22,25-26,31H,9,11-19H2,1-8H3;5-9,18-19,24H,10H2,1-4H3. The van der Waals surface area contributed by atoms with E-state index in [0.717, 1.165) is 18.3 Å². The maximum absolute atomic E-state index is 13.6. The Kier molecular flexibility index (Phi) is 11.0. The number of carbonyl (C=O) groups excluding carboxylic acids is 1. The Labute approximate surface area is 365 Å². The van der Waals surface area contributed by atoms with Gasteiger partial charge in [-0.1, -0.05) is 64.3 Å². The van der Waals surface area contributed by atoms with Gasteiger partial charge in [-0.05, 0) is 150 Å². The van der Waals surface area contributed by atoms with Gasteiger partial charge in [0.15, 0.2) is 17.3 Å². The zero-order valence-electron chi connectivity index (χ0n) is 39.1. The molecule has 2 fully saturated rings. The SMILES string of the molecule is CC(C)=CCCC(C)C1CCC2(C)C3=C(CCC12C)C1(C)CCC(O)C(C)(C)C1CC3.COc1cc2c(cc1OC)C1C(=O)c3c(O)cc4c(c3OC1CO2)C=CC(C)(C)O4. The summed E-state index contributed by atoms with van der Waals surface area (Å²) in [7, 11) is 3.07. The third-order valence-corrected chi connectivity index (χ3v) is 17.4. The molecule has 8 heteroatoms. The van der Waals surface area contributed by atoms with Crippen LogP contribution in [0.4, 0.5) is 0 Å². The second kappa shape index (κ2) is 15.4. The van der Waals surface area contributed by atoms with Gasteiger partial charge in [-0.2, -0.15) is 0 Å². The van der Waals surface area contributed by atoms with Crippen molar-refractivity contribution in [1.29, 1.82) is 0 Å². The van der Waals surface area contributed by atoms with Crippen molar-refractivity contribution in [3.05, 3.63) is 63.8 Å². The van der Waals surface area contributed by atoms with Crippen molar-refractivity contribution in [2.75, 3.05) is 20.8 Å². The van der Waals surface area contributed by atoms with Crippen LogP contribution in [-0.2, 0) is 0 Å². The molecule has 2 saturated carbocycles. The van der Waals surface area contributed by atoms with E-state index in [9.17, 15) is 15.0 Å². The molecule has 0 radical (unpaired) electrons. The lowest BCUT2D eigenvalue weighted by Gasteiger charge is -2.62. The van der Waals surface area contributed by atoms with Crippen molar-refractivity contribution in [2.24, 2.45) is 39.4 Å². The van der Waals surface area contributed by atoms with Crippen molar-refractivity contribution in [1.82, 2.24) is 0 Å². The van der Waals surface area contributed by atoms with E-state index < -0.39 is 17.6 Å². The van der Waals surface area contributed by atoms with E-state index >= 15 is 0 Å². The first-order valence-corrected chi connectivity index (χ1v) is 23.1. The first kappa shape index (κ1) is 43.7. The number of allylic oxidation sites excluding steroid dienone is 4. The minimum Gasteiger partial charge on any atom is -0.507 e. The summed E-state index contributed by atoms with van der Waals surface area (Å²) in [4.78, 5) is 13.6. The summed E-state index contributed by atoms with van der Waals surface area (Å²) in [6.07, 6.45) is 18.4. The molecule has 2 aromatic carbocycles. The lowest BCUT2D eigenvalue weighted by Crippen LogP contribution is -2.55. The number of Topliss-reactive ketones (excluding diaryl/α,β-unsaturated/α-hetero) is 1. The molecule has 0 bridgehead atoms. The number of carbonyl (C=O) groups is 1. The number of aliphatic hydroxyl groups is 1. The van der Waals surface area contributed by atoms with Gasteiger partial charge in [-0.3, -0.25) is 4.79 Å². The molecule has 9 atom stereocenters. The molecule has 8 nitrogen and oxygen atoms in total. The van der Waals surface area contributed by atoms with Crippen LogP contribution in [0.25, 0.3) is 6.08 Å². The van der Waals surface area contributed by atoms with Gasteiger partial charge >= 0.3 is 0 Å². The van der Waals surface area contributed by atoms with E-state index in [-0.39, 0.29) is 35.2 Å². The molecule has 7 aliphatic rings.